The first-order chi connectivity index (χ1) is 8.25. The molecule has 0 unspecified atom stereocenters. The van der Waals surface area contributed by atoms with E-state index in [2.05, 4.69) is 35.9 Å². The molecule has 0 aliphatic carbocycles. The van der Waals surface area contributed by atoms with E-state index in [9.17, 15) is 0 Å². The highest BCUT2D eigenvalue weighted by atomic mass is 79.9. The maximum absolute atomic E-state index is 5.93. The molecule has 6 heteroatoms. The van der Waals surface area contributed by atoms with Crippen molar-refractivity contribution in [2.24, 2.45) is 0 Å². The number of nitrogens with zero attached hydrogens (tertiary/aromatic N) is 3. The summed E-state index contributed by atoms with van der Waals surface area (Å²) in [6, 6.07) is 3.76. The van der Waals surface area contributed by atoms with Crippen LogP contribution in [0.1, 0.15) is 0 Å². The van der Waals surface area contributed by atoms with Gasteiger partial charge in [-0.15, -0.1) is 0 Å². The van der Waals surface area contributed by atoms with E-state index in [1.807, 2.05) is 18.3 Å². The molecular formula is C11H6BrClN4. The topological polar surface area (TPSA) is 54.5 Å². The van der Waals surface area contributed by atoms with Crippen molar-refractivity contribution in [1.82, 2.24) is 19.9 Å². The van der Waals surface area contributed by atoms with E-state index in [4.69, 9.17) is 11.6 Å². The van der Waals surface area contributed by atoms with Crippen molar-refractivity contribution >= 4 is 38.6 Å². The van der Waals surface area contributed by atoms with E-state index in [0.717, 1.165) is 26.8 Å². The Morgan fingerprint density at radius 2 is 1.94 bits per heavy atom. The molecule has 0 saturated carbocycles. The van der Waals surface area contributed by atoms with Gasteiger partial charge in [0.15, 0.2) is 0 Å². The van der Waals surface area contributed by atoms with Crippen molar-refractivity contribution in [3.63, 3.8) is 0 Å². The maximum atomic E-state index is 5.93. The third-order valence-electron chi connectivity index (χ3n) is 2.40. The molecule has 1 N–H and O–H groups in total. The van der Waals surface area contributed by atoms with Gasteiger partial charge in [-0.25, -0.2) is 9.97 Å². The normalized spacial score (nSPS) is 10.9. The molecule has 0 radical (unpaired) electrons. The first kappa shape index (κ1) is 10.7. The van der Waals surface area contributed by atoms with Crippen LogP contribution in [0.3, 0.4) is 0 Å². The Bertz CT molecular complexity index is 681. The van der Waals surface area contributed by atoms with E-state index in [0.29, 0.717) is 0 Å². The Kier molecular flexibility index (Phi) is 2.57. The highest BCUT2D eigenvalue weighted by Crippen LogP contribution is 2.30. The average Bonchev–Trinajstić information content (AvgIpc) is 2.72. The highest BCUT2D eigenvalue weighted by molar-refractivity contribution is 9.10. The van der Waals surface area contributed by atoms with Gasteiger partial charge >= 0.3 is 0 Å². The molecular weight excluding hydrogens is 304 g/mol. The largest absolute Gasteiger partial charge is 0.357 e. The molecule has 3 rings (SSSR count). The van der Waals surface area contributed by atoms with Crippen molar-refractivity contribution in [2.45, 2.75) is 0 Å². The Morgan fingerprint density at radius 3 is 2.71 bits per heavy atom. The van der Waals surface area contributed by atoms with E-state index >= 15 is 0 Å². The molecule has 0 spiro atoms. The summed E-state index contributed by atoms with van der Waals surface area (Å²) in [6.45, 7) is 0. The Balaban J connectivity index is 2.36. The Labute approximate surface area is 110 Å². The van der Waals surface area contributed by atoms with E-state index in [1.54, 1.807) is 12.4 Å². The summed E-state index contributed by atoms with van der Waals surface area (Å²) in [5, 5.41) is 0.226. The molecule has 84 valence electrons. The summed E-state index contributed by atoms with van der Waals surface area (Å²) in [4.78, 5) is 15.6. The molecule has 4 nitrogen and oxygen atoms in total. The summed E-state index contributed by atoms with van der Waals surface area (Å²) in [5.74, 6) is 0. The van der Waals surface area contributed by atoms with Crippen molar-refractivity contribution in [1.29, 1.82) is 0 Å². The van der Waals surface area contributed by atoms with Gasteiger partial charge < -0.3 is 4.98 Å². The molecule has 3 aromatic rings. The van der Waals surface area contributed by atoms with Gasteiger partial charge in [0.05, 0.1) is 15.7 Å². The first-order valence-corrected chi connectivity index (χ1v) is 6.03. The molecule has 3 aromatic heterocycles. The molecule has 0 atom stereocenters. The summed E-state index contributed by atoms with van der Waals surface area (Å²) in [6.07, 6.45) is 5.25. The summed E-state index contributed by atoms with van der Waals surface area (Å²) in [5.41, 5.74) is 3.35. The van der Waals surface area contributed by atoms with Crippen LogP contribution < -0.4 is 0 Å². The Hall–Kier alpha value is -1.46. The second-order valence-electron chi connectivity index (χ2n) is 3.44. The quantitative estimate of drug-likeness (QED) is 0.701. The lowest BCUT2D eigenvalue weighted by Gasteiger charge is -2.02. The fourth-order valence-electron chi connectivity index (χ4n) is 1.67. The van der Waals surface area contributed by atoms with Crippen molar-refractivity contribution in [3.05, 3.63) is 40.5 Å². The van der Waals surface area contributed by atoms with E-state index < -0.39 is 0 Å². The van der Waals surface area contributed by atoms with Crippen LogP contribution in [0.25, 0.3) is 22.3 Å². The van der Waals surface area contributed by atoms with Crippen LogP contribution in [0.5, 0.6) is 0 Å². The van der Waals surface area contributed by atoms with Crippen LogP contribution in [-0.4, -0.2) is 19.9 Å². The highest BCUT2D eigenvalue weighted by Gasteiger charge is 2.12. The number of hydrogen-bond donors (Lipinski definition) is 1. The van der Waals surface area contributed by atoms with Gasteiger partial charge in [0, 0.05) is 24.2 Å². The minimum absolute atomic E-state index is 0.226. The molecule has 0 amide bonds. The number of H-pyrrole nitrogens is 1. The monoisotopic (exact) mass is 308 g/mol. The van der Waals surface area contributed by atoms with E-state index in [-0.39, 0.29) is 5.28 Å². The average molecular weight is 310 g/mol. The third kappa shape index (κ3) is 1.81. The van der Waals surface area contributed by atoms with Crippen LogP contribution in [0, 0.1) is 0 Å². The second-order valence-corrected chi connectivity index (χ2v) is 4.63. The van der Waals surface area contributed by atoms with Gasteiger partial charge in [0.2, 0.25) is 5.28 Å². The first-order valence-electron chi connectivity index (χ1n) is 4.86. The number of aromatic nitrogens is 4. The lowest BCUT2D eigenvalue weighted by Crippen LogP contribution is -1.90. The van der Waals surface area contributed by atoms with Crippen LogP contribution in [0.15, 0.2) is 35.2 Å². The van der Waals surface area contributed by atoms with Crippen LogP contribution >= 0.6 is 27.5 Å². The van der Waals surface area contributed by atoms with Gasteiger partial charge in [0.1, 0.15) is 5.52 Å². The number of nitrogens with one attached hydrogen (secondary N) is 1. The predicted octanol–water partition coefficient (Wildman–Crippen LogP) is 3.44. The molecule has 0 saturated heterocycles. The van der Waals surface area contributed by atoms with Gasteiger partial charge in [-0.3, -0.25) is 4.98 Å². The zero-order valence-electron chi connectivity index (χ0n) is 8.48. The van der Waals surface area contributed by atoms with Gasteiger partial charge in [-0.05, 0) is 39.7 Å². The predicted molar refractivity (Wildman–Crippen MR) is 69.8 cm³/mol. The molecule has 0 aliphatic rings. The van der Waals surface area contributed by atoms with Crippen molar-refractivity contribution in [2.75, 3.05) is 0 Å². The maximum Gasteiger partial charge on any atom is 0.223 e. The summed E-state index contributed by atoms with van der Waals surface area (Å²) < 4.78 is 0.868. The molecule has 0 bridgehead atoms. The lowest BCUT2D eigenvalue weighted by molar-refractivity contribution is 1.21. The number of rotatable bonds is 1. The van der Waals surface area contributed by atoms with E-state index in [1.165, 1.54) is 0 Å². The summed E-state index contributed by atoms with van der Waals surface area (Å²) >= 11 is 9.35. The van der Waals surface area contributed by atoms with Gasteiger partial charge in [-0.2, -0.15) is 0 Å². The SMILES string of the molecule is Clc1nc(-c2ccncc2)c2[nH]cc(Br)c2n1. The Morgan fingerprint density at radius 1 is 1.18 bits per heavy atom. The van der Waals surface area contributed by atoms with Crippen LogP contribution in [0.2, 0.25) is 5.28 Å². The molecule has 0 aromatic carbocycles. The lowest BCUT2D eigenvalue weighted by atomic mass is 10.2. The fraction of sp³-hybridized carbons (Fsp3) is 0. The number of hydrogen-bond acceptors (Lipinski definition) is 3. The zero-order valence-corrected chi connectivity index (χ0v) is 10.8. The molecule has 3 heterocycles. The van der Waals surface area contributed by atoms with Gasteiger partial charge in [0.25, 0.3) is 0 Å². The number of fused-ring (bicyclic) bond motifs is 1. The smallest absolute Gasteiger partial charge is 0.223 e. The van der Waals surface area contributed by atoms with Gasteiger partial charge in [-0.1, -0.05) is 0 Å². The molecule has 0 aliphatic heterocycles. The second kappa shape index (κ2) is 4.09. The van der Waals surface area contributed by atoms with Crippen LogP contribution in [0.4, 0.5) is 0 Å². The number of halogens is 2. The minimum Gasteiger partial charge on any atom is -0.357 e. The third-order valence-corrected chi connectivity index (χ3v) is 3.18. The minimum atomic E-state index is 0.226. The molecule has 0 fully saturated rings. The zero-order chi connectivity index (χ0) is 11.8. The number of pyridine rings is 1. The van der Waals surface area contributed by atoms with Crippen LogP contribution in [-0.2, 0) is 0 Å². The number of aromatic amines is 1. The fourth-order valence-corrected chi connectivity index (χ4v) is 2.24. The van der Waals surface area contributed by atoms with Crippen molar-refractivity contribution < 1.29 is 0 Å². The molecule has 17 heavy (non-hydrogen) atoms. The summed E-state index contributed by atoms with van der Waals surface area (Å²) in [7, 11) is 0. The standard InChI is InChI=1S/C11H6BrClN4/c12-7-5-15-10-8(6-1-3-14-4-2-6)16-11(13)17-9(7)10/h1-5,15H. The van der Waals surface area contributed by atoms with Crippen molar-refractivity contribution in [3.8, 4) is 11.3 Å².